The molecular weight excluding hydrogens is 472 g/mol. The van der Waals surface area contributed by atoms with Gasteiger partial charge in [-0.2, -0.15) is 0 Å². The molecule has 0 spiro atoms. The number of ketones is 1. The Bertz CT molecular complexity index is 1270. The summed E-state index contributed by atoms with van der Waals surface area (Å²) in [6.45, 7) is 2.14. The Kier molecular flexibility index (Phi) is 7.45. The Hall–Kier alpha value is -3.72. The third-order valence-corrected chi connectivity index (χ3v) is 6.64. The van der Waals surface area contributed by atoms with Crippen LogP contribution in [0.3, 0.4) is 0 Å². The number of anilines is 2. The highest BCUT2D eigenvalue weighted by atomic mass is 32.1. The van der Waals surface area contributed by atoms with Crippen LogP contribution in [0.2, 0.25) is 0 Å². The molecule has 1 saturated heterocycles. The van der Waals surface area contributed by atoms with Crippen LogP contribution in [-0.2, 0) is 9.59 Å². The maximum absolute atomic E-state index is 13.9. The molecule has 1 aliphatic rings. The molecule has 0 N–H and O–H groups in total. The first-order valence-corrected chi connectivity index (χ1v) is 12.0. The van der Waals surface area contributed by atoms with E-state index >= 15 is 0 Å². The van der Waals surface area contributed by atoms with Gasteiger partial charge in [-0.3, -0.25) is 19.3 Å². The van der Waals surface area contributed by atoms with Crippen LogP contribution in [0.4, 0.5) is 19.6 Å². The topological polar surface area (TPSA) is 70.6 Å². The van der Waals surface area contributed by atoms with Crippen molar-refractivity contribution in [3.05, 3.63) is 82.9 Å². The predicted molar refractivity (Wildman–Crippen MR) is 130 cm³/mol. The number of carbonyl (C=O) groups excluding carboxylic acids is 3. The highest BCUT2D eigenvalue weighted by Gasteiger charge is 2.29. The monoisotopic (exact) mass is 495 g/mol. The molecule has 0 radical (unpaired) electrons. The molecule has 0 aliphatic carbocycles. The number of piperidine rings is 1. The maximum atomic E-state index is 13.9. The number of hydrogen-bond donors (Lipinski definition) is 0. The van der Waals surface area contributed by atoms with Crippen molar-refractivity contribution in [3.8, 4) is 0 Å². The summed E-state index contributed by atoms with van der Waals surface area (Å²) in [5, 5.41) is 2.26. The van der Waals surface area contributed by atoms with Gasteiger partial charge in [-0.15, -0.1) is 11.3 Å². The van der Waals surface area contributed by atoms with Crippen LogP contribution in [0.5, 0.6) is 0 Å². The van der Waals surface area contributed by atoms with E-state index in [1.807, 2.05) is 30.3 Å². The highest BCUT2D eigenvalue weighted by molar-refractivity contribution is 7.14. The quantitative estimate of drug-likeness (QED) is 0.346. The minimum Gasteiger partial charge on any atom is -0.339 e. The molecule has 9 heteroatoms. The van der Waals surface area contributed by atoms with Crippen LogP contribution in [0, 0.1) is 17.6 Å². The van der Waals surface area contributed by atoms with Gasteiger partial charge >= 0.3 is 0 Å². The molecule has 6 nitrogen and oxygen atoms in total. The second-order valence-corrected chi connectivity index (χ2v) is 9.00. The van der Waals surface area contributed by atoms with E-state index in [1.165, 1.54) is 29.2 Å². The molecule has 0 bridgehead atoms. The number of thiazole rings is 1. The van der Waals surface area contributed by atoms with Gasteiger partial charge in [-0.05, 0) is 49.2 Å². The van der Waals surface area contributed by atoms with Crippen molar-refractivity contribution in [1.29, 1.82) is 0 Å². The molecule has 0 atom stereocenters. The summed E-state index contributed by atoms with van der Waals surface area (Å²) in [4.78, 5) is 45.0. The summed E-state index contributed by atoms with van der Waals surface area (Å²) >= 11 is 1.29. The summed E-state index contributed by atoms with van der Waals surface area (Å²) in [5.41, 5.74) is 1.01. The zero-order chi connectivity index (χ0) is 24.9. The molecule has 1 aromatic heterocycles. The van der Waals surface area contributed by atoms with E-state index in [4.69, 9.17) is 0 Å². The Morgan fingerprint density at radius 1 is 1.09 bits per heavy atom. The van der Waals surface area contributed by atoms with Gasteiger partial charge in [0.2, 0.25) is 11.8 Å². The minimum absolute atomic E-state index is 0.173. The summed E-state index contributed by atoms with van der Waals surface area (Å²) in [5.74, 6) is -2.70. The van der Waals surface area contributed by atoms with Crippen molar-refractivity contribution >= 4 is 45.8 Å². The molecule has 1 aliphatic heterocycles. The maximum Gasteiger partial charge on any atom is 0.246 e. The van der Waals surface area contributed by atoms with Crippen LogP contribution >= 0.6 is 11.3 Å². The predicted octanol–water partition coefficient (Wildman–Crippen LogP) is 5.24. The lowest BCUT2D eigenvalue weighted by Crippen LogP contribution is -2.39. The van der Waals surface area contributed by atoms with Gasteiger partial charge in [0, 0.05) is 37.4 Å². The van der Waals surface area contributed by atoms with Crippen molar-refractivity contribution < 1.29 is 23.2 Å². The molecule has 2 amide bonds. The molecule has 3 aromatic rings. The first-order chi connectivity index (χ1) is 16.8. The fourth-order valence-corrected chi connectivity index (χ4v) is 4.84. The number of benzene rings is 2. The van der Waals surface area contributed by atoms with Gasteiger partial charge in [-0.25, -0.2) is 13.8 Å². The number of likely N-dealkylation sites (tertiary alicyclic amines) is 1. The lowest BCUT2D eigenvalue weighted by Gasteiger charge is -2.30. The fraction of sp³-hybridized carbons (Fsp3) is 0.231. The van der Waals surface area contributed by atoms with Crippen LogP contribution in [-0.4, -0.2) is 40.6 Å². The van der Waals surface area contributed by atoms with Gasteiger partial charge in [0.1, 0.15) is 11.6 Å². The average Bonchev–Trinajstić information content (AvgIpc) is 3.32. The normalized spacial score (nSPS) is 14.3. The van der Waals surface area contributed by atoms with Gasteiger partial charge in [0.15, 0.2) is 10.9 Å². The van der Waals surface area contributed by atoms with E-state index < -0.39 is 23.3 Å². The molecule has 180 valence electrons. The van der Waals surface area contributed by atoms with E-state index in [9.17, 15) is 23.2 Å². The van der Waals surface area contributed by atoms with Crippen LogP contribution < -0.4 is 4.90 Å². The Balaban J connectivity index is 1.36. The van der Waals surface area contributed by atoms with E-state index in [2.05, 4.69) is 4.98 Å². The third-order valence-electron chi connectivity index (χ3n) is 5.80. The molecule has 4 rings (SSSR count). The molecular formula is C26H23F2N3O3S. The molecule has 2 heterocycles. The number of halogens is 2. The van der Waals surface area contributed by atoms with Crippen LogP contribution in [0.25, 0.3) is 6.08 Å². The number of carbonyl (C=O) groups is 3. The van der Waals surface area contributed by atoms with Crippen molar-refractivity contribution in [2.75, 3.05) is 18.0 Å². The number of Topliss-reactive ketones (excluding diaryl/α,β-unsaturated/α-hetero) is 1. The number of amides is 2. The first kappa shape index (κ1) is 24.4. The molecule has 2 aromatic carbocycles. The van der Waals surface area contributed by atoms with Gasteiger partial charge in [-0.1, -0.05) is 18.2 Å². The van der Waals surface area contributed by atoms with Crippen molar-refractivity contribution in [2.45, 2.75) is 19.8 Å². The molecule has 0 unspecified atom stereocenters. The van der Waals surface area contributed by atoms with Gasteiger partial charge in [0.25, 0.3) is 0 Å². The van der Waals surface area contributed by atoms with E-state index in [-0.39, 0.29) is 17.4 Å². The average molecular weight is 496 g/mol. The van der Waals surface area contributed by atoms with Crippen molar-refractivity contribution in [1.82, 2.24) is 9.88 Å². The van der Waals surface area contributed by atoms with Crippen LogP contribution in [0.1, 0.15) is 35.8 Å². The molecule has 1 fully saturated rings. The zero-order valence-electron chi connectivity index (χ0n) is 19.0. The Morgan fingerprint density at radius 3 is 2.49 bits per heavy atom. The number of nitrogens with zero attached hydrogens (tertiary/aromatic N) is 3. The SMILES string of the molecule is CC(=O)N(c1ccccc1)c1nc(/C=C/C(=O)N2CCC(C(=O)c3cc(F)ccc3F)CC2)cs1. The lowest BCUT2D eigenvalue weighted by molar-refractivity contribution is -0.127. The highest BCUT2D eigenvalue weighted by Crippen LogP contribution is 2.29. The largest absolute Gasteiger partial charge is 0.339 e. The standard InChI is InChI=1S/C26H23F2N3O3S/c1-17(32)31(21-5-3-2-4-6-21)26-29-20(16-35-26)8-10-24(33)30-13-11-18(12-14-30)25(34)22-15-19(27)7-9-23(22)28/h2-10,15-16,18H,11-14H2,1H3/b10-8+. The second kappa shape index (κ2) is 10.7. The first-order valence-electron chi connectivity index (χ1n) is 11.1. The summed E-state index contributed by atoms with van der Waals surface area (Å²) in [7, 11) is 0. The summed E-state index contributed by atoms with van der Waals surface area (Å²) in [6.07, 6.45) is 3.75. The minimum atomic E-state index is -0.740. The number of hydrogen-bond acceptors (Lipinski definition) is 5. The number of rotatable bonds is 6. The Labute approximate surface area is 205 Å². The molecule has 35 heavy (non-hydrogen) atoms. The van der Waals surface area contributed by atoms with Crippen molar-refractivity contribution in [2.24, 2.45) is 5.92 Å². The second-order valence-electron chi connectivity index (χ2n) is 8.17. The third kappa shape index (κ3) is 5.68. The van der Waals surface area contributed by atoms with E-state index in [1.54, 1.807) is 16.4 Å². The van der Waals surface area contributed by atoms with E-state index in [0.29, 0.717) is 42.4 Å². The van der Waals surface area contributed by atoms with Gasteiger partial charge < -0.3 is 4.90 Å². The number of aromatic nitrogens is 1. The van der Waals surface area contributed by atoms with Crippen LogP contribution in [0.15, 0.2) is 60.0 Å². The smallest absolute Gasteiger partial charge is 0.246 e. The van der Waals surface area contributed by atoms with Crippen molar-refractivity contribution in [3.63, 3.8) is 0 Å². The Morgan fingerprint density at radius 2 is 1.80 bits per heavy atom. The zero-order valence-corrected chi connectivity index (χ0v) is 19.8. The molecule has 0 saturated carbocycles. The summed E-state index contributed by atoms with van der Waals surface area (Å²) < 4.78 is 27.4. The van der Waals surface area contributed by atoms with Gasteiger partial charge in [0.05, 0.1) is 16.9 Å². The fourth-order valence-electron chi connectivity index (χ4n) is 3.99. The van der Waals surface area contributed by atoms with E-state index in [0.717, 1.165) is 18.2 Å². The number of para-hydroxylation sites is 1. The lowest BCUT2D eigenvalue weighted by atomic mass is 9.88. The summed E-state index contributed by atoms with van der Waals surface area (Å²) in [6, 6.07) is 12.0.